The van der Waals surface area contributed by atoms with Gasteiger partial charge in [0.05, 0.1) is 0 Å². The Morgan fingerprint density at radius 1 is 1.07 bits per heavy atom. The van der Waals surface area contributed by atoms with Crippen molar-refractivity contribution in [2.75, 3.05) is 26.2 Å². The maximum atomic E-state index is 12.2. The normalized spacial score (nSPS) is 20.6. The van der Waals surface area contributed by atoms with Gasteiger partial charge in [0.2, 0.25) is 5.29 Å². The van der Waals surface area contributed by atoms with E-state index in [0.29, 0.717) is 11.8 Å². The fourth-order valence-corrected chi connectivity index (χ4v) is 4.07. The number of amidine groups is 2. The number of hydrogen-bond acceptors (Lipinski definition) is 3. The van der Waals surface area contributed by atoms with Crippen LogP contribution in [0.4, 0.5) is 4.79 Å². The lowest BCUT2D eigenvalue weighted by Crippen LogP contribution is -2.45. The molecule has 0 aromatic heterocycles. The van der Waals surface area contributed by atoms with Crippen molar-refractivity contribution >= 4 is 28.8 Å². The molecule has 152 valence electrons. The third-order valence-corrected chi connectivity index (χ3v) is 5.37. The highest BCUT2D eigenvalue weighted by Gasteiger charge is 2.33. The van der Waals surface area contributed by atoms with Crippen molar-refractivity contribution in [2.45, 2.75) is 59.0 Å². The minimum Gasteiger partial charge on any atom is -0.444 e. The number of nitrogens with one attached hydrogen (secondary N) is 1. The van der Waals surface area contributed by atoms with Gasteiger partial charge in [-0.3, -0.25) is 5.41 Å². The minimum absolute atomic E-state index is 0.193. The molecule has 0 aromatic rings. The average molecular weight is 397 g/mol. The fraction of sp³-hybridized carbons (Fsp3) is 0.750. The molecular weight excluding hydrogens is 364 g/mol. The second-order valence-corrected chi connectivity index (χ2v) is 8.99. The van der Waals surface area contributed by atoms with Crippen LogP contribution in [0.15, 0.2) is 17.1 Å². The van der Waals surface area contributed by atoms with Gasteiger partial charge in [-0.15, -0.1) is 0 Å². The summed E-state index contributed by atoms with van der Waals surface area (Å²) < 4.78 is 5.48. The van der Waals surface area contributed by atoms with Gasteiger partial charge in [0.1, 0.15) is 11.4 Å². The number of amides is 1. The second-order valence-electron chi connectivity index (χ2n) is 8.64. The van der Waals surface area contributed by atoms with E-state index in [9.17, 15) is 4.79 Å². The largest absolute Gasteiger partial charge is 0.444 e. The Bertz CT molecular complexity index is 596. The molecule has 0 aromatic carbocycles. The molecule has 0 aliphatic carbocycles. The summed E-state index contributed by atoms with van der Waals surface area (Å²) in [4.78, 5) is 20.4. The lowest BCUT2D eigenvalue weighted by atomic mass is 9.79. The van der Waals surface area contributed by atoms with Crippen LogP contribution in [-0.4, -0.2) is 58.8 Å². The Morgan fingerprint density at radius 2 is 1.52 bits per heavy atom. The summed E-state index contributed by atoms with van der Waals surface area (Å²) >= 11 is 5.65. The molecule has 27 heavy (non-hydrogen) atoms. The number of aliphatic imine (C=N–C) groups is 1. The molecule has 2 aliphatic heterocycles. The van der Waals surface area contributed by atoms with Gasteiger partial charge >= 0.3 is 6.09 Å². The zero-order valence-corrected chi connectivity index (χ0v) is 17.8. The Hall–Kier alpha value is -1.56. The van der Waals surface area contributed by atoms with E-state index in [1.165, 1.54) is 0 Å². The highest BCUT2D eigenvalue weighted by atomic mass is 35.5. The van der Waals surface area contributed by atoms with E-state index >= 15 is 0 Å². The van der Waals surface area contributed by atoms with Gasteiger partial charge in [-0.25, -0.2) is 9.79 Å². The van der Waals surface area contributed by atoms with Crippen LogP contribution >= 0.6 is 11.6 Å². The highest BCUT2D eigenvalue weighted by Crippen LogP contribution is 2.33. The Labute approximate surface area is 168 Å². The quantitative estimate of drug-likeness (QED) is 0.424. The summed E-state index contributed by atoms with van der Waals surface area (Å²) in [5, 5.41) is 7.21. The Balaban J connectivity index is 1.83. The van der Waals surface area contributed by atoms with Crippen LogP contribution in [0.3, 0.4) is 0 Å². The second kappa shape index (κ2) is 9.09. The predicted octanol–water partition coefficient (Wildman–Crippen LogP) is 4.49. The summed E-state index contributed by atoms with van der Waals surface area (Å²) in [6.45, 7) is 15.0. The number of halogens is 1. The summed E-state index contributed by atoms with van der Waals surface area (Å²) in [6, 6.07) is 0. The molecule has 1 amide bonds. The number of carbonyl (C=O) groups excluding carboxylic acids is 1. The molecule has 7 heteroatoms. The molecule has 1 N–H and O–H groups in total. The molecule has 2 aliphatic rings. The van der Waals surface area contributed by atoms with E-state index in [-0.39, 0.29) is 11.4 Å². The first-order valence-electron chi connectivity index (χ1n) is 9.78. The van der Waals surface area contributed by atoms with Crippen molar-refractivity contribution < 1.29 is 9.53 Å². The van der Waals surface area contributed by atoms with E-state index in [4.69, 9.17) is 21.7 Å². The van der Waals surface area contributed by atoms with Crippen molar-refractivity contribution in [3.05, 3.63) is 12.2 Å². The van der Waals surface area contributed by atoms with Crippen LogP contribution in [0.5, 0.6) is 0 Å². The van der Waals surface area contributed by atoms with Gasteiger partial charge in [-0.1, -0.05) is 6.58 Å². The molecule has 2 heterocycles. The van der Waals surface area contributed by atoms with E-state index in [0.717, 1.165) is 63.3 Å². The third kappa shape index (κ3) is 6.52. The SMILES string of the molecule is C=C(C)C(=NC(=N)Cl)N1CCC(C2CCN(C(=O)OC(C)(C)C)CC2)CC1. The van der Waals surface area contributed by atoms with Gasteiger partial charge in [-0.2, -0.15) is 0 Å². The number of likely N-dealkylation sites (tertiary alicyclic amines) is 2. The summed E-state index contributed by atoms with van der Waals surface area (Å²) in [5.74, 6) is 2.06. The van der Waals surface area contributed by atoms with Crippen molar-refractivity contribution in [1.29, 1.82) is 5.41 Å². The lowest BCUT2D eigenvalue weighted by Gasteiger charge is -2.41. The highest BCUT2D eigenvalue weighted by molar-refractivity contribution is 6.64. The van der Waals surface area contributed by atoms with Gasteiger partial charge in [0.25, 0.3) is 0 Å². The van der Waals surface area contributed by atoms with Gasteiger partial charge in [0, 0.05) is 26.2 Å². The van der Waals surface area contributed by atoms with E-state index < -0.39 is 5.60 Å². The molecular formula is C20H33ClN4O2. The Morgan fingerprint density at radius 3 is 1.89 bits per heavy atom. The van der Waals surface area contributed by atoms with Crippen LogP contribution in [0.25, 0.3) is 0 Å². The van der Waals surface area contributed by atoms with Crippen LogP contribution < -0.4 is 0 Å². The summed E-state index contributed by atoms with van der Waals surface area (Å²) in [7, 11) is 0. The van der Waals surface area contributed by atoms with Crippen molar-refractivity contribution in [3.8, 4) is 0 Å². The van der Waals surface area contributed by atoms with Crippen molar-refractivity contribution in [3.63, 3.8) is 0 Å². The maximum absolute atomic E-state index is 12.2. The molecule has 0 atom stereocenters. The smallest absolute Gasteiger partial charge is 0.410 e. The molecule has 0 spiro atoms. The zero-order valence-electron chi connectivity index (χ0n) is 17.1. The van der Waals surface area contributed by atoms with Crippen LogP contribution in [0.1, 0.15) is 53.4 Å². The first kappa shape index (κ1) is 21.7. The van der Waals surface area contributed by atoms with Crippen molar-refractivity contribution in [1.82, 2.24) is 9.80 Å². The zero-order chi connectivity index (χ0) is 20.2. The topological polar surface area (TPSA) is 69.0 Å². The summed E-state index contributed by atoms with van der Waals surface area (Å²) in [5.41, 5.74) is 0.396. The van der Waals surface area contributed by atoms with E-state index in [2.05, 4.69) is 16.5 Å². The molecule has 0 bridgehead atoms. The van der Waals surface area contributed by atoms with E-state index in [1.54, 1.807) is 0 Å². The standard InChI is InChI=1S/C20H33ClN4O2/c1-14(2)17(23-18(21)22)24-10-6-15(7-11-24)16-8-12-25(13-9-16)19(26)27-20(3,4)5/h15-16,22H,1,6-13H2,2-5H3. The first-order valence-corrected chi connectivity index (χ1v) is 10.2. The number of nitrogens with zero attached hydrogens (tertiary/aromatic N) is 3. The van der Waals surface area contributed by atoms with Crippen molar-refractivity contribution in [2.24, 2.45) is 16.8 Å². The predicted molar refractivity (Wildman–Crippen MR) is 111 cm³/mol. The van der Waals surface area contributed by atoms with Gasteiger partial charge in [-0.05, 0) is 82.4 Å². The molecule has 0 saturated carbocycles. The molecule has 2 saturated heterocycles. The number of piperidine rings is 2. The molecule has 0 unspecified atom stereocenters. The molecule has 2 fully saturated rings. The number of hydrogen-bond donors (Lipinski definition) is 1. The van der Waals surface area contributed by atoms with Crippen LogP contribution in [0, 0.1) is 17.2 Å². The Kier molecular flexibility index (Phi) is 7.32. The number of ether oxygens (including phenoxy) is 1. The monoisotopic (exact) mass is 396 g/mol. The third-order valence-electron chi connectivity index (χ3n) is 5.28. The average Bonchev–Trinajstić information content (AvgIpc) is 2.58. The lowest BCUT2D eigenvalue weighted by molar-refractivity contribution is 0.0143. The molecule has 0 radical (unpaired) electrons. The first-order chi connectivity index (χ1) is 12.6. The van der Waals surface area contributed by atoms with E-state index in [1.807, 2.05) is 32.6 Å². The molecule has 6 nitrogen and oxygen atoms in total. The van der Waals surface area contributed by atoms with Crippen LogP contribution in [-0.2, 0) is 4.74 Å². The molecule has 2 rings (SSSR count). The summed E-state index contributed by atoms with van der Waals surface area (Å²) in [6.07, 6.45) is 4.08. The van der Waals surface area contributed by atoms with Gasteiger partial charge < -0.3 is 14.5 Å². The number of rotatable bonds is 2. The maximum Gasteiger partial charge on any atom is 0.410 e. The van der Waals surface area contributed by atoms with Gasteiger partial charge in [0.15, 0.2) is 0 Å². The van der Waals surface area contributed by atoms with Crippen LogP contribution in [0.2, 0.25) is 0 Å². The fourth-order valence-electron chi connectivity index (χ4n) is 3.99. The number of carbonyl (C=O) groups is 1. The minimum atomic E-state index is -0.442.